The SMILES string of the molecule is O=[N+]([O-])c1cc(F)cc(Nc2ccc(Br)cc2Br)c1. The third-order valence-electron chi connectivity index (χ3n) is 2.30. The molecule has 2 rings (SSSR count). The average Bonchev–Trinajstić information content (AvgIpc) is 2.32. The molecule has 0 fully saturated rings. The number of hydrogen-bond acceptors (Lipinski definition) is 3. The summed E-state index contributed by atoms with van der Waals surface area (Å²) in [4.78, 5) is 10.0. The molecule has 0 spiro atoms. The zero-order chi connectivity index (χ0) is 14.0. The Morgan fingerprint density at radius 2 is 1.89 bits per heavy atom. The van der Waals surface area contributed by atoms with Crippen LogP contribution in [0.2, 0.25) is 0 Å². The first kappa shape index (κ1) is 14.0. The molecule has 0 amide bonds. The number of nitro groups is 1. The molecule has 7 heteroatoms. The third-order valence-corrected chi connectivity index (χ3v) is 3.45. The number of rotatable bonds is 3. The Labute approximate surface area is 125 Å². The Balaban J connectivity index is 2.35. The van der Waals surface area contributed by atoms with Crippen molar-refractivity contribution in [1.29, 1.82) is 0 Å². The van der Waals surface area contributed by atoms with Crippen molar-refractivity contribution in [1.82, 2.24) is 0 Å². The second-order valence-corrected chi connectivity index (χ2v) is 5.47. The first-order valence-corrected chi connectivity index (χ1v) is 6.71. The predicted molar refractivity (Wildman–Crippen MR) is 78.2 cm³/mol. The normalized spacial score (nSPS) is 10.3. The van der Waals surface area contributed by atoms with E-state index in [1.54, 1.807) is 12.1 Å². The number of halogens is 3. The van der Waals surface area contributed by atoms with Crippen molar-refractivity contribution >= 4 is 48.9 Å². The van der Waals surface area contributed by atoms with Crippen LogP contribution < -0.4 is 5.32 Å². The topological polar surface area (TPSA) is 55.2 Å². The van der Waals surface area contributed by atoms with Gasteiger partial charge < -0.3 is 5.32 Å². The molecule has 2 aromatic carbocycles. The van der Waals surface area contributed by atoms with Gasteiger partial charge in [-0.15, -0.1) is 0 Å². The fraction of sp³-hybridized carbons (Fsp3) is 0. The quantitative estimate of drug-likeness (QED) is 0.593. The van der Waals surface area contributed by atoms with Crippen molar-refractivity contribution in [2.24, 2.45) is 0 Å². The van der Waals surface area contributed by atoms with Crippen LogP contribution in [0, 0.1) is 15.9 Å². The second kappa shape index (κ2) is 5.66. The van der Waals surface area contributed by atoms with Crippen LogP contribution in [0.3, 0.4) is 0 Å². The summed E-state index contributed by atoms with van der Waals surface area (Å²) in [7, 11) is 0. The van der Waals surface area contributed by atoms with Crippen molar-refractivity contribution in [2.75, 3.05) is 5.32 Å². The maximum atomic E-state index is 13.3. The van der Waals surface area contributed by atoms with Gasteiger partial charge in [0.25, 0.3) is 5.69 Å². The highest BCUT2D eigenvalue weighted by molar-refractivity contribution is 9.11. The molecule has 0 aromatic heterocycles. The van der Waals surface area contributed by atoms with Gasteiger partial charge in [-0.05, 0) is 40.2 Å². The monoisotopic (exact) mass is 388 g/mol. The van der Waals surface area contributed by atoms with E-state index in [9.17, 15) is 14.5 Å². The van der Waals surface area contributed by atoms with Crippen LogP contribution in [-0.4, -0.2) is 4.92 Å². The van der Waals surface area contributed by atoms with Gasteiger partial charge in [-0.3, -0.25) is 10.1 Å². The molecular formula is C12H7Br2FN2O2. The first-order valence-electron chi connectivity index (χ1n) is 5.13. The first-order chi connectivity index (χ1) is 8.95. The van der Waals surface area contributed by atoms with Crippen LogP contribution >= 0.6 is 31.9 Å². The van der Waals surface area contributed by atoms with Crippen LogP contribution in [0.15, 0.2) is 45.3 Å². The summed E-state index contributed by atoms with van der Waals surface area (Å²) in [5.41, 5.74) is 0.702. The molecule has 0 heterocycles. The van der Waals surface area contributed by atoms with Gasteiger partial charge in [-0.25, -0.2) is 4.39 Å². The summed E-state index contributed by atoms with van der Waals surface area (Å²) in [6.45, 7) is 0. The van der Waals surface area contributed by atoms with E-state index >= 15 is 0 Å². The van der Waals surface area contributed by atoms with Gasteiger partial charge in [0.2, 0.25) is 0 Å². The lowest BCUT2D eigenvalue weighted by Crippen LogP contribution is -1.95. The minimum Gasteiger partial charge on any atom is -0.354 e. The lowest BCUT2D eigenvalue weighted by molar-refractivity contribution is -0.385. The van der Waals surface area contributed by atoms with E-state index in [1.807, 2.05) is 6.07 Å². The smallest absolute Gasteiger partial charge is 0.274 e. The number of non-ortho nitro benzene ring substituents is 1. The molecule has 2 aromatic rings. The highest BCUT2D eigenvalue weighted by Gasteiger charge is 2.10. The Morgan fingerprint density at radius 3 is 2.53 bits per heavy atom. The van der Waals surface area contributed by atoms with E-state index < -0.39 is 10.7 Å². The van der Waals surface area contributed by atoms with Crippen LogP contribution in [0.1, 0.15) is 0 Å². The molecule has 0 saturated heterocycles. The lowest BCUT2D eigenvalue weighted by atomic mass is 10.2. The number of hydrogen-bond donors (Lipinski definition) is 1. The molecule has 0 aliphatic heterocycles. The number of anilines is 2. The Bertz CT molecular complexity index is 650. The molecule has 0 saturated carbocycles. The Kier molecular flexibility index (Phi) is 4.16. The summed E-state index contributed by atoms with van der Waals surface area (Å²) < 4.78 is 14.9. The maximum absolute atomic E-state index is 13.3. The van der Waals surface area contributed by atoms with Gasteiger partial charge in [0.05, 0.1) is 16.7 Å². The van der Waals surface area contributed by atoms with Gasteiger partial charge in [0, 0.05) is 20.7 Å². The minimum absolute atomic E-state index is 0.296. The number of nitro benzene ring substituents is 1. The summed E-state index contributed by atoms with van der Waals surface area (Å²) in [5, 5.41) is 13.6. The van der Waals surface area contributed by atoms with Crippen LogP contribution in [-0.2, 0) is 0 Å². The van der Waals surface area contributed by atoms with Gasteiger partial charge >= 0.3 is 0 Å². The van der Waals surface area contributed by atoms with Gasteiger partial charge in [-0.2, -0.15) is 0 Å². The van der Waals surface area contributed by atoms with E-state index in [4.69, 9.17) is 0 Å². The molecule has 0 unspecified atom stereocenters. The fourth-order valence-corrected chi connectivity index (χ4v) is 2.64. The van der Waals surface area contributed by atoms with Gasteiger partial charge in [0.15, 0.2) is 0 Å². The van der Waals surface area contributed by atoms with Crippen LogP contribution in [0.4, 0.5) is 21.5 Å². The van der Waals surface area contributed by atoms with E-state index in [-0.39, 0.29) is 5.69 Å². The molecule has 98 valence electrons. The van der Waals surface area contributed by atoms with Gasteiger partial charge in [0.1, 0.15) is 5.82 Å². The second-order valence-electron chi connectivity index (χ2n) is 3.70. The molecule has 19 heavy (non-hydrogen) atoms. The maximum Gasteiger partial charge on any atom is 0.274 e. The third kappa shape index (κ3) is 3.51. The highest BCUT2D eigenvalue weighted by Crippen LogP contribution is 2.30. The molecule has 4 nitrogen and oxygen atoms in total. The summed E-state index contributed by atoms with van der Waals surface area (Å²) in [6, 6.07) is 8.74. The van der Waals surface area contributed by atoms with E-state index in [0.29, 0.717) is 11.4 Å². The molecule has 0 aliphatic carbocycles. The zero-order valence-electron chi connectivity index (χ0n) is 9.36. The number of nitrogens with one attached hydrogen (secondary N) is 1. The molecule has 0 bridgehead atoms. The lowest BCUT2D eigenvalue weighted by Gasteiger charge is -2.09. The highest BCUT2D eigenvalue weighted by atomic mass is 79.9. The zero-order valence-corrected chi connectivity index (χ0v) is 12.5. The fourth-order valence-electron chi connectivity index (χ4n) is 1.50. The standard InChI is InChI=1S/C12H7Br2FN2O2/c13-7-1-2-12(11(14)3-7)16-9-4-8(15)5-10(6-9)17(18)19/h1-6,16H. The number of nitrogens with zero attached hydrogens (tertiary/aromatic N) is 1. The van der Waals surface area contributed by atoms with Crippen LogP contribution in [0.5, 0.6) is 0 Å². The van der Waals surface area contributed by atoms with Gasteiger partial charge in [-0.1, -0.05) is 15.9 Å². The van der Waals surface area contributed by atoms with Crippen molar-refractivity contribution in [3.8, 4) is 0 Å². The van der Waals surface area contributed by atoms with Crippen molar-refractivity contribution in [2.45, 2.75) is 0 Å². The minimum atomic E-state index is -0.662. The Morgan fingerprint density at radius 1 is 1.16 bits per heavy atom. The summed E-state index contributed by atoms with van der Waals surface area (Å²) in [5.74, 6) is -0.662. The van der Waals surface area contributed by atoms with Crippen molar-refractivity contribution in [3.63, 3.8) is 0 Å². The number of benzene rings is 2. The van der Waals surface area contributed by atoms with Crippen LogP contribution in [0.25, 0.3) is 0 Å². The molecular weight excluding hydrogens is 383 g/mol. The van der Waals surface area contributed by atoms with E-state index in [1.165, 1.54) is 12.1 Å². The summed E-state index contributed by atoms with van der Waals surface area (Å²) >= 11 is 6.67. The van der Waals surface area contributed by atoms with Crippen molar-refractivity contribution in [3.05, 3.63) is 61.3 Å². The average molecular weight is 390 g/mol. The largest absolute Gasteiger partial charge is 0.354 e. The molecule has 1 N–H and O–H groups in total. The summed E-state index contributed by atoms with van der Waals surface area (Å²) in [6.07, 6.45) is 0. The molecule has 0 atom stereocenters. The van der Waals surface area contributed by atoms with E-state index in [2.05, 4.69) is 37.2 Å². The Hall–Kier alpha value is -1.47. The predicted octanol–water partition coefficient (Wildman–Crippen LogP) is 5.00. The van der Waals surface area contributed by atoms with E-state index in [0.717, 1.165) is 15.0 Å². The molecule has 0 aliphatic rings. The molecule has 0 radical (unpaired) electrons. The van der Waals surface area contributed by atoms with Crippen molar-refractivity contribution < 1.29 is 9.31 Å².